The first-order chi connectivity index (χ1) is 9.17. The van der Waals surface area contributed by atoms with Crippen molar-refractivity contribution in [3.63, 3.8) is 0 Å². The van der Waals surface area contributed by atoms with Crippen LogP contribution in [0.3, 0.4) is 0 Å². The van der Waals surface area contributed by atoms with Crippen molar-refractivity contribution < 1.29 is 9.53 Å². The van der Waals surface area contributed by atoms with E-state index in [0.29, 0.717) is 5.69 Å². The highest BCUT2D eigenvalue weighted by molar-refractivity contribution is 5.98. The van der Waals surface area contributed by atoms with E-state index in [2.05, 4.69) is 10.2 Å². The van der Waals surface area contributed by atoms with Crippen LogP contribution in [-0.4, -0.2) is 43.2 Å². The molecule has 2 heterocycles. The molecule has 1 unspecified atom stereocenters. The molecule has 1 amide bonds. The lowest BCUT2D eigenvalue weighted by atomic mass is 9.97. The summed E-state index contributed by atoms with van der Waals surface area (Å²) in [5.41, 5.74) is 8.42. The molecular formula is C14H19N3O2. The fourth-order valence-corrected chi connectivity index (χ4v) is 2.93. The van der Waals surface area contributed by atoms with Gasteiger partial charge in [0.15, 0.2) is 0 Å². The molecule has 102 valence electrons. The number of nitrogens with one attached hydrogen (secondary N) is 1. The maximum atomic E-state index is 12.2. The predicted molar refractivity (Wildman–Crippen MR) is 74.0 cm³/mol. The van der Waals surface area contributed by atoms with Gasteiger partial charge in [0.25, 0.3) is 0 Å². The third-order valence-corrected chi connectivity index (χ3v) is 4.06. The molecule has 3 rings (SSSR count). The van der Waals surface area contributed by atoms with Gasteiger partial charge in [0.05, 0.1) is 12.1 Å². The molecule has 0 aromatic heterocycles. The summed E-state index contributed by atoms with van der Waals surface area (Å²) in [5.74, 6) is 0.0647. The van der Waals surface area contributed by atoms with Crippen LogP contribution in [0.25, 0.3) is 0 Å². The van der Waals surface area contributed by atoms with Crippen LogP contribution in [-0.2, 0) is 16.0 Å². The highest BCUT2D eigenvalue weighted by Gasteiger charge is 2.35. The quantitative estimate of drug-likeness (QED) is 0.775. The minimum atomic E-state index is -0.0868. The van der Waals surface area contributed by atoms with Crippen LogP contribution in [0, 0.1) is 0 Å². The largest absolute Gasteiger partial charge is 0.399 e. The van der Waals surface area contributed by atoms with Crippen LogP contribution in [0.5, 0.6) is 0 Å². The zero-order valence-electron chi connectivity index (χ0n) is 11.1. The van der Waals surface area contributed by atoms with Crippen LogP contribution >= 0.6 is 0 Å². The van der Waals surface area contributed by atoms with Gasteiger partial charge in [-0.1, -0.05) is 6.07 Å². The van der Waals surface area contributed by atoms with E-state index in [1.54, 1.807) is 7.11 Å². The van der Waals surface area contributed by atoms with Gasteiger partial charge in [0.2, 0.25) is 5.91 Å². The fourth-order valence-electron chi connectivity index (χ4n) is 2.93. The molecule has 0 aliphatic carbocycles. The summed E-state index contributed by atoms with van der Waals surface area (Å²) in [6.45, 7) is 1.75. The summed E-state index contributed by atoms with van der Waals surface area (Å²) in [6, 6.07) is 5.62. The summed E-state index contributed by atoms with van der Waals surface area (Å²) in [7, 11) is 1.73. The topological polar surface area (TPSA) is 67.6 Å². The summed E-state index contributed by atoms with van der Waals surface area (Å²) in [6.07, 6.45) is 1.99. The Kier molecular flexibility index (Phi) is 3.16. The van der Waals surface area contributed by atoms with Crippen molar-refractivity contribution >= 4 is 17.3 Å². The highest BCUT2D eigenvalue weighted by Crippen LogP contribution is 2.28. The number of likely N-dealkylation sites (tertiary alicyclic amines) is 1. The first-order valence-corrected chi connectivity index (χ1v) is 6.63. The molecule has 5 nitrogen and oxygen atoms in total. The van der Waals surface area contributed by atoms with Gasteiger partial charge >= 0.3 is 0 Å². The maximum Gasteiger partial charge on any atom is 0.242 e. The second-order valence-electron chi connectivity index (χ2n) is 5.27. The summed E-state index contributed by atoms with van der Waals surface area (Å²) >= 11 is 0. The number of benzene rings is 1. The lowest BCUT2D eigenvalue weighted by Gasteiger charge is -2.31. The first kappa shape index (κ1) is 12.4. The number of ether oxygens (including phenoxy) is 1. The van der Waals surface area contributed by atoms with Crippen molar-refractivity contribution in [3.05, 3.63) is 23.8 Å². The number of hydrogen-bond acceptors (Lipinski definition) is 4. The number of anilines is 2. The van der Waals surface area contributed by atoms with Crippen molar-refractivity contribution in [1.29, 1.82) is 0 Å². The lowest BCUT2D eigenvalue weighted by Crippen LogP contribution is -2.47. The third kappa shape index (κ3) is 2.31. The van der Waals surface area contributed by atoms with Crippen LogP contribution < -0.4 is 11.1 Å². The van der Waals surface area contributed by atoms with Gasteiger partial charge in [0, 0.05) is 31.6 Å². The summed E-state index contributed by atoms with van der Waals surface area (Å²) < 4.78 is 5.36. The first-order valence-electron chi connectivity index (χ1n) is 6.63. The van der Waals surface area contributed by atoms with Crippen molar-refractivity contribution in [3.8, 4) is 0 Å². The molecule has 0 radical (unpaired) electrons. The van der Waals surface area contributed by atoms with Gasteiger partial charge in [-0.15, -0.1) is 0 Å². The molecule has 0 saturated carbocycles. The minimum absolute atomic E-state index is 0.0647. The molecule has 2 aliphatic rings. The monoisotopic (exact) mass is 261 g/mol. The smallest absolute Gasteiger partial charge is 0.242 e. The number of carbonyl (C=O) groups is 1. The molecule has 2 aliphatic heterocycles. The van der Waals surface area contributed by atoms with Crippen molar-refractivity contribution in [2.45, 2.75) is 25.0 Å². The van der Waals surface area contributed by atoms with E-state index in [9.17, 15) is 4.79 Å². The van der Waals surface area contributed by atoms with E-state index in [0.717, 1.165) is 37.2 Å². The molecule has 19 heavy (non-hydrogen) atoms. The number of nitrogens with zero attached hydrogens (tertiary/aromatic N) is 1. The average Bonchev–Trinajstić information content (AvgIpc) is 2.86. The number of carbonyl (C=O) groups excluding carboxylic acids is 1. The summed E-state index contributed by atoms with van der Waals surface area (Å²) in [5, 5.41) is 2.96. The molecule has 1 saturated heterocycles. The Morgan fingerprint density at radius 3 is 3.05 bits per heavy atom. The Morgan fingerprint density at radius 1 is 1.47 bits per heavy atom. The van der Waals surface area contributed by atoms with Crippen molar-refractivity contribution in [2.24, 2.45) is 0 Å². The summed E-state index contributed by atoms with van der Waals surface area (Å²) in [4.78, 5) is 14.4. The van der Waals surface area contributed by atoms with Crippen LogP contribution in [0.2, 0.25) is 0 Å². The third-order valence-electron chi connectivity index (χ3n) is 4.06. The van der Waals surface area contributed by atoms with E-state index in [-0.39, 0.29) is 18.1 Å². The Morgan fingerprint density at radius 2 is 2.32 bits per heavy atom. The number of nitrogen functional groups attached to an aromatic ring is 1. The number of hydrogen-bond donors (Lipinski definition) is 2. The number of rotatable bonds is 2. The molecule has 1 aromatic carbocycles. The van der Waals surface area contributed by atoms with Gasteiger partial charge in [-0.3, -0.25) is 9.69 Å². The standard InChI is InChI=1S/C14H19N3O2/c1-19-11-4-5-17(8-11)13-6-9-2-3-10(15)7-12(9)16-14(13)18/h2-3,7,11,13H,4-6,8,15H2,1H3,(H,16,18)/t11-,13?/m1/s1. The van der Waals surface area contributed by atoms with Crippen molar-refractivity contribution in [1.82, 2.24) is 4.90 Å². The number of methoxy groups -OCH3 is 1. The Labute approximate surface area is 112 Å². The molecule has 0 spiro atoms. The lowest BCUT2D eigenvalue weighted by molar-refractivity contribution is -0.121. The molecule has 5 heteroatoms. The van der Waals surface area contributed by atoms with E-state index < -0.39 is 0 Å². The SMILES string of the molecule is CO[C@@H]1CCN(C2Cc3ccc(N)cc3NC2=O)C1. The van der Waals surface area contributed by atoms with Crippen LogP contribution in [0.1, 0.15) is 12.0 Å². The predicted octanol–water partition coefficient (Wildman–Crippen LogP) is 0.853. The van der Waals surface area contributed by atoms with E-state index >= 15 is 0 Å². The number of amides is 1. The van der Waals surface area contributed by atoms with Crippen LogP contribution in [0.15, 0.2) is 18.2 Å². The Balaban J connectivity index is 1.78. The normalized spacial score (nSPS) is 27.1. The minimum Gasteiger partial charge on any atom is -0.399 e. The maximum absolute atomic E-state index is 12.2. The molecule has 2 atom stereocenters. The van der Waals surface area contributed by atoms with Gasteiger partial charge in [-0.25, -0.2) is 0 Å². The van der Waals surface area contributed by atoms with Gasteiger partial charge in [-0.05, 0) is 30.5 Å². The van der Waals surface area contributed by atoms with Crippen LogP contribution in [0.4, 0.5) is 11.4 Å². The Hall–Kier alpha value is -1.59. The zero-order chi connectivity index (χ0) is 13.4. The molecular weight excluding hydrogens is 242 g/mol. The van der Waals surface area contributed by atoms with Crippen molar-refractivity contribution in [2.75, 3.05) is 31.2 Å². The molecule has 1 fully saturated rings. The second-order valence-corrected chi connectivity index (χ2v) is 5.27. The van der Waals surface area contributed by atoms with E-state index in [4.69, 9.17) is 10.5 Å². The molecule has 1 aromatic rings. The highest BCUT2D eigenvalue weighted by atomic mass is 16.5. The number of nitrogens with two attached hydrogens (primary N) is 1. The molecule has 0 bridgehead atoms. The van der Waals surface area contributed by atoms with Gasteiger partial charge in [-0.2, -0.15) is 0 Å². The second kappa shape index (κ2) is 4.83. The van der Waals surface area contributed by atoms with E-state index in [1.807, 2.05) is 18.2 Å². The molecule has 3 N–H and O–H groups in total. The van der Waals surface area contributed by atoms with E-state index in [1.165, 1.54) is 0 Å². The average molecular weight is 261 g/mol. The number of fused-ring (bicyclic) bond motifs is 1. The van der Waals surface area contributed by atoms with Gasteiger partial charge in [0.1, 0.15) is 0 Å². The zero-order valence-corrected chi connectivity index (χ0v) is 11.1. The fraction of sp³-hybridized carbons (Fsp3) is 0.500. The van der Waals surface area contributed by atoms with Gasteiger partial charge < -0.3 is 15.8 Å². The Bertz CT molecular complexity index is 503.